The highest BCUT2D eigenvalue weighted by atomic mass is 16.7. The van der Waals surface area contributed by atoms with Crippen molar-refractivity contribution in [3.63, 3.8) is 0 Å². The highest BCUT2D eigenvalue weighted by molar-refractivity contribution is 5.73. The third-order valence-electron chi connectivity index (χ3n) is 12.8. The van der Waals surface area contributed by atoms with E-state index in [0.29, 0.717) is 13.0 Å². The number of aliphatic hydroxyl groups excluding tert-OH is 3. The molecule has 3 fully saturated rings. The molecule has 16 nitrogen and oxygen atoms in total. The molecule has 0 unspecified atom stereocenters. The largest absolute Gasteiger partial charge is 0.459 e. The van der Waals surface area contributed by atoms with Crippen molar-refractivity contribution in [1.29, 1.82) is 0 Å². The lowest BCUT2D eigenvalue weighted by Crippen LogP contribution is -2.60. The molecule has 352 valence electrons. The Morgan fingerprint density at radius 2 is 1.47 bits per heavy atom. The van der Waals surface area contributed by atoms with E-state index in [1.807, 2.05) is 72.5 Å². The molecule has 0 aromatic heterocycles. The summed E-state index contributed by atoms with van der Waals surface area (Å²) in [6.07, 6.45) is -8.19. The average molecular weight is 855 g/mol. The number of carbonyl (C=O) groups excluding carboxylic acids is 1. The molecule has 59 heavy (non-hydrogen) atoms. The molecule has 3 rings (SSSR count). The van der Waals surface area contributed by atoms with Crippen molar-refractivity contribution in [2.75, 3.05) is 41.9 Å². The highest BCUT2D eigenvalue weighted by Gasteiger charge is 2.52. The van der Waals surface area contributed by atoms with Gasteiger partial charge >= 0.3 is 5.97 Å². The van der Waals surface area contributed by atoms with Crippen LogP contribution in [-0.2, 0) is 38.0 Å². The lowest BCUT2D eigenvalue weighted by atomic mass is 9.77. The van der Waals surface area contributed by atoms with Gasteiger partial charge in [0.05, 0.1) is 47.1 Å². The third kappa shape index (κ3) is 14.5. The molecule has 0 aromatic rings. The maximum atomic E-state index is 14.2. The van der Waals surface area contributed by atoms with Crippen molar-refractivity contribution >= 4 is 5.97 Å². The van der Waals surface area contributed by atoms with Crippen molar-refractivity contribution in [1.82, 2.24) is 9.80 Å². The number of methoxy groups -OCH3 is 2. The number of nitrogens with zero attached hydrogens (tertiary/aromatic N) is 2. The Bertz CT molecular complexity index is 1250. The summed E-state index contributed by atoms with van der Waals surface area (Å²) >= 11 is 0. The first-order chi connectivity index (χ1) is 26.5. The number of aliphatic hydroxyl groups is 5. The Morgan fingerprint density at radius 3 is 1.97 bits per heavy atom. The predicted molar refractivity (Wildman–Crippen MR) is 225 cm³/mol. The van der Waals surface area contributed by atoms with Crippen LogP contribution in [0.1, 0.15) is 116 Å². The van der Waals surface area contributed by atoms with Crippen LogP contribution in [0.4, 0.5) is 0 Å². The molecule has 3 aliphatic heterocycles. The molecular weight excluding hydrogens is 768 g/mol. The van der Waals surface area contributed by atoms with Gasteiger partial charge in [-0.3, -0.25) is 4.79 Å². The fraction of sp³-hybridized carbons (Fsp3) is 0.977. The lowest BCUT2D eigenvalue weighted by Gasteiger charge is -2.48. The van der Waals surface area contributed by atoms with Gasteiger partial charge in [-0.05, 0) is 116 Å². The predicted octanol–water partition coefficient (Wildman–Crippen LogP) is 2.51. The number of carbonyl (C=O) groups is 1. The monoisotopic (exact) mass is 855 g/mol. The van der Waals surface area contributed by atoms with Gasteiger partial charge in [-0.2, -0.15) is 0 Å². The fourth-order valence-corrected chi connectivity index (χ4v) is 8.74. The molecular formula is C43H86N2O14. The van der Waals surface area contributed by atoms with Crippen LogP contribution in [0.3, 0.4) is 0 Å². The van der Waals surface area contributed by atoms with Crippen LogP contribution >= 0.6 is 0 Å². The molecule has 0 saturated carbocycles. The van der Waals surface area contributed by atoms with E-state index in [9.17, 15) is 30.3 Å². The van der Waals surface area contributed by atoms with Gasteiger partial charge in [0, 0.05) is 45.2 Å². The number of esters is 1. The number of hydrogen-bond donors (Lipinski definition) is 5. The van der Waals surface area contributed by atoms with Gasteiger partial charge in [-0.15, -0.1) is 0 Å². The van der Waals surface area contributed by atoms with E-state index in [4.69, 9.17) is 33.2 Å². The van der Waals surface area contributed by atoms with Crippen LogP contribution in [-0.4, -0.2) is 185 Å². The lowest BCUT2D eigenvalue weighted by molar-refractivity contribution is -0.318. The summed E-state index contributed by atoms with van der Waals surface area (Å²) < 4.78 is 42.5. The maximum Gasteiger partial charge on any atom is 0.311 e. The molecule has 0 radical (unpaired) electrons. The van der Waals surface area contributed by atoms with Crippen molar-refractivity contribution in [2.45, 2.75) is 212 Å². The molecule has 0 bridgehead atoms. The van der Waals surface area contributed by atoms with E-state index < -0.39 is 96.0 Å². The number of cyclic esters (lactones) is 1. The topological polar surface area (TPSA) is 221 Å². The summed E-state index contributed by atoms with van der Waals surface area (Å²) in [5, 5.41) is 58.1. The highest BCUT2D eigenvalue weighted by Crippen LogP contribution is 2.40. The molecule has 0 aliphatic carbocycles. The van der Waals surface area contributed by atoms with Gasteiger partial charge in [0.25, 0.3) is 0 Å². The Kier molecular flexibility index (Phi) is 21.3. The van der Waals surface area contributed by atoms with Crippen LogP contribution in [0.5, 0.6) is 0 Å². The van der Waals surface area contributed by atoms with E-state index in [1.54, 1.807) is 48.7 Å². The molecule has 0 aromatic carbocycles. The van der Waals surface area contributed by atoms with Crippen LogP contribution < -0.4 is 0 Å². The molecule has 7 N–H and O–H groups in total. The van der Waals surface area contributed by atoms with Gasteiger partial charge < -0.3 is 74.0 Å². The zero-order chi connectivity index (χ0) is 44.9. The van der Waals surface area contributed by atoms with E-state index in [1.165, 1.54) is 14.0 Å². The standard InChI is InChI=1S/C38H72N2O12.C5H12O.H2O/c1-15-27-38(10,46)31(42)24(6)40(13)19-20(2)17-36(8,45)33(52-35-29(41)26(39(11)12)16-21(3)48-35)22(4)30(23(5)34(44)50-27)51-28-18-37(9,47-14)32(43)25(7)49-28;1-5(2,3)6-4;/h20-33,35,41-43,45-46H,15-19H2,1-14H3;1-4H3;1H2/t20-,21-,22+,23-,24-,25+,26+,27-,28+,29-,30+,31-,32+,33-,35+,36-,37-,38-;;/m1../s1. The first-order valence-electron chi connectivity index (χ1n) is 21.3. The Morgan fingerprint density at radius 1 is 0.915 bits per heavy atom. The van der Waals surface area contributed by atoms with E-state index in [-0.39, 0.29) is 48.4 Å². The molecule has 18 atom stereocenters. The van der Waals surface area contributed by atoms with Gasteiger partial charge in [-0.25, -0.2) is 0 Å². The Hall–Kier alpha value is -1.09. The van der Waals surface area contributed by atoms with Gasteiger partial charge in [0.15, 0.2) is 12.6 Å². The van der Waals surface area contributed by atoms with Crippen LogP contribution in [0.25, 0.3) is 0 Å². The fourth-order valence-electron chi connectivity index (χ4n) is 8.74. The summed E-state index contributed by atoms with van der Waals surface area (Å²) in [6, 6.07) is -0.808. The summed E-state index contributed by atoms with van der Waals surface area (Å²) in [4.78, 5) is 18.0. The number of rotatable bonds is 7. The molecule has 16 heteroatoms. The minimum Gasteiger partial charge on any atom is -0.459 e. The first-order valence-corrected chi connectivity index (χ1v) is 21.3. The summed E-state index contributed by atoms with van der Waals surface area (Å²) in [5.41, 5.74) is -4.33. The molecule has 3 aliphatic rings. The molecule has 3 saturated heterocycles. The second kappa shape index (κ2) is 22.5. The third-order valence-corrected chi connectivity index (χ3v) is 12.8. The minimum atomic E-state index is -1.80. The van der Waals surface area contributed by atoms with Crippen LogP contribution in [0.15, 0.2) is 0 Å². The van der Waals surface area contributed by atoms with E-state index in [2.05, 4.69) is 0 Å². The second-order valence-corrected chi connectivity index (χ2v) is 19.5. The second-order valence-electron chi connectivity index (χ2n) is 19.5. The number of hydrogen-bond acceptors (Lipinski definition) is 15. The van der Waals surface area contributed by atoms with Crippen LogP contribution in [0.2, 0.25) is 0 Å². The smallest absolute Gasteiger partial charge is 0.311 e. The maximum absolute atomic E-state index is 14.2. The summed E-state index contributed by atoms with van der Waals surface area (Å²) in [6.45, 7) is 24.1. The van der Waals surface area contributed by atoms with Crippen molar-refractivity contribution < 1.29 is 69.0 Å². The van der Waals surface area contributed by atoms with Crippen molar-refractivity contribution in [3.8, 4) is 0 Å². The average Bonchev–Trinajstić information content (AvgIpc) is 3.12. The normalized spacial score (nSPS) is 44.9. The molecule has 0 amide bonds. The summed E-state index contributed by atoms with van der Waals surface area (Å²) in [5.74, 6) is -2.58. The minimum absolute atomic E-state index is 0. The first kappa shape index (κ1) is 55.9. The zero-order valence-corrected chi connectivity index (χ0v) is 39.6. The zero-order valence-electron chi connectivity index (χ0n) is 39.6. The van der Waals surface area contributed by atoms with Gasteiger partial charge in [-0.1, -0.05) is 20.8 Å². The molecule has 3 heterocycles. The van der Waals surface area contributed by atoms with Gasteiger partial charge in [0.1, 0.15) is 30.0 Å². The van der Waals surface area contributed by atoms with E-state index >= 15 is 0 Å². The quantitative estimate of drug-likeness (QED) is 0.232. The van der Waals surface area contributed by atoms with Crippen LogP contribution in [0, 0.1) is 17.8 Å². The van der Waals surface area contributed by atoms with Gasteiger partial charge in [0.2, 0.25) is 0 Å². The Balaban J connectivity index is 0.00000230. The van der Waals surface area contributed by atoms with Crippen molar-refractivity contribution in [3.05, 3.63) is 0 Å². The Labute approximate surface area is 355 Å². The number of ether oxygens (including phenoxy) is 7. The van der Waals surface area contributed by atoms with E-state index in [0.717, 1.165) is 0 Å². The SMILES string of the molecule is CC[C@H]1OC(=O)[C@H](C)[C@@H](O[C@H]2C[C@@](C)(OC)[C@@H](O)[C@H](C)O2)[C@H](C)[C@@H](O[C@@H]2O[C@H](C)C[C@H](N(C)C)[C@H]2O)[C@](C)(O)C[C@@H](C)CN(C)[C@H](C)[C@@H](O)[C@]1(C)O.COC(C)(C)C.O. The summed E-state index contributed by atoms with van der Waals surface area (Å²) in [7, 11) is 8.83. The molecule has 0 spiro atoms. The van der Waals surface area contributed by atoms with Crippen molar-refractivity contribution in [2.24, 2.45) is 17.8 Å². The number of likely N-dealkylation sites (N-methyl/N-ethyl adjacent to an activating group) is 2.